The van der Waals surface area contributed by atoms with Gasteiger partial charge in [-0.3, -0.25) is 0 Å². The van der Waals surface area contributed by atoms with Gasteiger partial charge in [-0.15, -0.1) is 33.4 Å². The van der Waals surface area contributed by atoms with Crippen molar-refractivity contribution in [3.8, 4) is 11.5 Å². The van der Waals surface area contributed by atoms with Crippen molar-refractivity contribution in [1.29, 1.82) is 0 Å². The van der Waals surface area contributed by atoms with E-state index in [1.807, 2.05) is 0 Å². The third kappa shape index (κ3) is 10.1. The Kier molecular flexibility index (Phi) is 10.4. The summed E-state index contributed by atoms with van der Waals surface area (Å²) in [6.45, 7) is 0.143. The quantitative estimate of drug-likeness (QED) is 0.110. The van der Waals surface area contributed by atoms with Gasteiger partial charge in [0.15, 0.2) is 6.10 Å². The van der Waals surface area contributed by atoms with Crippen molar-refractivity contribution in [2.45, 2.75) is 51.3 Å². The van der Waals surface area contributed by atoms with Crippen LogP contribution >= 0.6 is 0 Å². The lowest BCUT2D eigenvalue weighted by atomic mass is 9.97. The number of ether oxygens (including phenoxy) is 5. The van der Waals surface area contributed by atoms with Gasteiger partial charge in [-0.1, -0.05) is 6.92 Å². The van der Waals surface area contributed by atoms with E-state index in [0.29, 0.717) is 12.1 Å². The number of esters is 1. The smallest absolute Gasteiger partial charge is 0.475 e. The fourth-order valence-corrected chi connectivity index (χ4v) is 3.17. The SMILES string of the molecule is CCc1cc(OC(F)(F)F)cc2c1OC(C(F)(F)F)C(C(=O)OC(C)OC(=O)OC(CO[N+](=O)[O-])CO[N+](=O)[O-])=C2. The van der Waals surface area contributed by atoms with E-state index in [0.717, 1.165) is 13.0 Å². The van der Waals surface area contributed by atoms with Crippen molar-refractivity contribution < 1.29 is 79.5 Å². The first-order chi connectivity index (χ1) is 18.9. The van der Waals surface area contributed by atoms with E-state index < -0.39 is 83.6 Å². The largest absolute Gasteiger partial charge is 0.573 e. The van der Waals surface area contributed by atoms with Gasteiger partial charge in [0.25, 0.3) is 10.2 Å². The molecule has 0 aliphatic carbocycles. The van der Waals surface area contributed by atoms with Gasteiger partial charge < -0.3 is 33.4 Å². The van der Waals surface area contributed by atoms with Gasteiger partial charge in [0.1, 0.15) is 24.7 Å². The van der Waals surface area contributed by atoms with E-state index in [4.69, 9.17) is 4.74 Å². The number of carbonyl (C=O) groups excluding carboxylic acids is 2. The molecule has 0 spiro atoms. The first-order valence-corrected chi connectivity index (χ1v) is 10.9. The van der Waals surface area contributed by atoms with Crippen molar-refractivity contribution in [3.05, 3.63) is 49.1 Å². The Balaban J connectivity index is 2.24. The summed E-state index contributed by atoms with van der Waals surface area (Å²) < 4.78 is 102. The summed E-state index contributed by atoms with van der Waals surface area (Å²) >= 11 is 0. The highest BCUT2D eigenvalue weighted by Gasteiger charge is 2.49. The molecule has 2 rings (SSSR count). The molecule has 1 aromatic carbocycles. The molecule has 2 unspecified atom stereocenters. The number of alkyl halides is 6. The van der Waals surface area contributed by atoms with Gasteiger partial charge >= 0.3 is 24.7 Å². The number of hydrogen-bond donors (Lipinski definition) is 0. The maximum atomic E-state index is 13.8. The van der Waals surface area contributed by atoms with Gasteiger partial charge in [-0.25, -0.2) is 9.59 Å². The molecule has 0 amide bonds. The number of fused-ring (bicyclic) bond motifs is 1. The molecule has 0 saturated carbocycles. The van der Waals surface area contributed by atoms with E-state index in [9.17, 15) is 56.2 Å². The van der Waals surface area contributed by atoms with Crippen LogP contribution in [0, 0.1) is 20.2 Å². The van der Waals surface area contributed by atoms with Crippen LogP contribution in [0.5, 0.6) is 11.5 Å². The Morgan fingerprint density at radius 3 is 2.07 bits per heavy atom. The Morgan fingerprint density at radius 1 is 1.00 bits per heavy atom. The Morgan fingerprint density at radius 2 is 1.59 bits per heavy atom. The van der Waals surface area contributed by atoms with E-state index in [-0.39, 0.29) is 17.5 Å². The molecule has 228 valence electrons. The lowest BCUT2D eigenvalue weighted by Crippen LogP contribution is -2.42. The highest BCUT2D eigenvalue weighted by Crippen LogP contribution is 2.42. The summed E-state index contributed by atoms with van der Waals surface area (Å²) in [6.07, 6.45) is -18.4. The molecule has 1 heterocycles. The molecule has 0 fully saturated rings. The molecule has 2 atom stereocenters. The van der Waals surface area contributed by atoms with Crippen LogP contribution in [0.2, 0.25) is 0 Å². The van der Waals surface area contributed by atoms with Gasteiger partial charge in [0.2, 0.25) is 12.4 Å². The molecule has 0 aromatic heterocycles. The summed E-state index contributed by atoms with van der Waals surface area (Å²) in [5.74, 6) is -3.04. The average Bonchev–Trinajstić information content (AvgIpc) is 2.82. The van der Waals surface area contributed by atoms with Crippen LogP contribution in [0.1, 0.15) is 25.0 Å². The number of nitrogens with zero attached hydrogens (tertiary/aromatic N) is 2. The fraction of sp³-hybridized carbons (Fsp3) is 0.500. The number of carbonyl (C=O) groups is 2. The van der Waals surface area contributed by atoms with Crippen LogP contribution in [-0.4, -0.2) is 66.5 Å². The van der Waals surface area contributed by atoms with Crippen LogP contribution in [-0.2, 0) is 35.1 Å². The average molecular weight is 608 g/mol. The van der Waals surface area contributed by atoms with Crippen molar-refractivity contribution in [2.24, 2.45) is 0 Å². The van der Waals surface area contributed by atoms with E-state index in [1.165, 1.54) is 6.92 Å². The molecule has 0 radical (unpaired) electrons. The zero-order valence-electron chi connectivity index (χ0n) is 20.6. The summed E-state index contributed by atoms with van der Waals surface area (Å²) in [7, 11) is 0. The second-order valence-corrected chi connectivity index (χ2v) is 7.66. The number of hydrogen-bond acceptors (Lipinski definition) is 13. The minimum absolute atomic E-state index is 0.0804. The maximum Gasteiger partial charge on any atom is 0.573 e. The molecule has 41 heavy (non-hydrogen) atoms. The molecular formula is C20H18F6N2O13. The molecule has 15 nitrogen and oxygen atoms in total. The van der Waals surface area contributed by atoms with E-state index >= 15 is 0 Å². The second-order valence-electron chi connectivity index (χ2n) is 7.66. The minimum atomic E-state index is -5.22. The number of rotatable bonds is 12. The molecule has 0 bridgehead atoms. The number of benzene rings is 1. The van der Waals surface area contributed by atoms with Crippen molar-refractivity contribution in [2.75, 3.05) is 13.2 Å². The highest BCUT2D eigenvalue weighted by atomic mass is 19.4. The Labute approximate surface area is 223 Å². The zero-order chi connectivity index (χ0) is 31.1. The summed E-state index contributed by atoms with van der Waals surface area (Å²) in [5.41, 5.74) is -1.73. The van der Waals surface area contributed by atoms with Crippen LogP contribution in [0.15, 0.2) is 17.7 Å². The summed E-state index contributed by atoms with van der Waals surface area (Å²) in [5, 5.41) is 17.9. The standard InChI is InChI=1S/C20H18F6N2O13/c1-3-10-4-12(41-20(24,25)26)5-11-6-14(16(19(21,22)23)40-15(10)11)17(29)37-9(2)38-18(30)39-13(7-35-27(31)32)8-36-28(33)34/h4-6,9,13,16H,3,7-8H2,1-2H3. The first-order valence-electron chi connectivity index (χ1n) is 10.9. The van der Waals surface area contributed by atoms with Crippen LogP contribution < -0.4 is 9.47 Å². The number of aryl methyl sites for hydroxylation is 1. The molecule has 1 aromatic rings. The summed E-state index contributed by atoms with van der Waals surface area (Å²) in [4.78, 5) is 52.9. The molecule has 0 saturated heterocycles. The zero-order valence-corrected chi connectivity index (χ0v) is 20.6. The normalized spacial score (nSPS) is 15.4. The lowest BCUT2D eigenvalue weighted by molar-refractivity contribution is -0.768. The second kappa shape index (κ2) is 13.1. The third-order valence-electron chi connectivity index (χ3n) is 4.67. The van der Waals surface area contributed by atoms with Gasteiger partial charge in [0.05, 0.1) is 5.57 Å². The third-order valence-corrected chi connectivity index (χ3v) is 4.67. The van der Waals surface area contributed by atoms with Crippen molar-refractivity contribution in [1.82, 2.24) is 0 Å². The molecule has 1 aliphatic heterocycles. The first kappa shape index (κ1) is 32.5. The van der Waals surface area contributed by atoms with Crippen LogP contribution in [0.4, 0.5) is 31.1 Å². The van der Waals surface area contributed by atoms with Crippen molar-refractivity contribution in [3.63, 3.8) is 0 Å². The highest BCUT2D eigenvalue weighted by molar-refractivity contribution is 5.96. The Hall–Kier alpha value is -4.72. The monoisotopic (exact) mass is 608 g/mol. The Bertz CT molecular complexity index is 1170. The predicted octanol–water partition coefficient (Wildman–Crippen LogP) is 3.68. The van der Waals surface area contributed by atoms with Gasteiger partial charge in [0, 0.05) is 12.5 Å². The number of halogens is 6. The fourth-order valence-electron chi connectivity index (χ4n) is 3.17. The molecule has 21 heteroatoms. The maximum absolute atomic E-state index is 13.8. The minimum Gasteiger partial charge on any atom is -0.475 e. The molecule has 1 aliphatic rings. The van der Waals surface area contributed by atoms with Gasteiger partial charge in [-0.05, 0) is 30.2 Å². The predicted molar refractivity (Wildman–Crippen MR) is 114 cm³/mol. The lowest BCUT2D eigenvalue weighted by Gasteiger charge is -2.30. The van der Waals surface area contributed by atoms with Crippen molar-refractivity contribution >= 4 is 18.2 Å². The molecule has 0 N–H and O–H groups in total. The van der Waals surface area contributed by atoms with Crippen LogP contribution in [0.25, 0.3) is 6.08 Å². The topological polar surface area (TPSA) is 185 Å². The van der Waals surface area contributed by atoms with Gasteiger partial charge in [-0.2, -0.15) is 13.2 Å². The van der Waals surface area contributed by atoms with E-state index in [1.54, 1.807) is 0 Å². The molecular weight excluding hydrogens is 590 g/mol. The van der Waals surface area contributed by atoms with Crippen LogP contribution in [0.3, 0.4) is 0 Å². The van der Waals surface area contributed by atoms with E-state index in [2.05, 4.69) is 28.6 Å². The summed E-state index contributed by atoms with van der Waals surface area (Å²) in [6, 6.07) is 1.50.